The summed E-state index contributed by atoms with van der Waals surface area (Å²) in [5, 5.41) is 7.16. The van der Waals surface area contributed by atoms with Gasteiger partial charge in [-0.2, -0.15) is 13.2 Å². The molecule has 1 unspecified atom stereocenters. The fraction of sp³-hybridized carbons (Fsp3) is 0.286. The second kappa shape index (κ2) is 8.01. The van der Waals surface area contributed by atoms with E-state index in [9.17, 15) is 31.9 Å². The second-order valence-corrected chi connectivity index (χ2v) is 7.45. The maximum Gasteiger partial charge on any atom is 0.416 e. The van der Waals surface area contributed by atoms with Gasteiger partial charge in [0.15, 0.2) is 0 Å². The number of carbonyl (C=O) groups excluding carboxylic acids is 3. The molecule has 4 amide bonds. The van der Waals surface area contributed by atoms with Crippen molar-refractivity contribution >= 4 is 17.8 Å². The van der Waals surface area contributed by atoms with Gasteiger partial charge in [-0.25, -0.2) is 9.18 Å². The number of rotatable bonds is 5. The van der Waals surface area contributed by atoms with E-state index in [0.29, 0.717) is 0 Å². The summed E-state index contributed by atoms with van der Waals surface area (Å²) in [5.74, 6) is -2.52. The summed E-state index contributed by atoms with van der Waals surface area (Å²) < 4.78 is 53.0. The molecule has 0 spiro atoms. The van der Waals surface area contributed by atoms with Crippen molar-refractivity contribution < 1.29 is 31.9 Å². The lowest BCUT2D eigenvalue weighted by Gasteiger charge is -2.30. The first kappa shape index (κ1) is 22.3. The molecule has 2 aromatic rings. The molecule has 1 aliphatic heterocycles. The molecule has 1 heterocycles. The maximum atomic E-state index is 14.6. The highest BCUT2D eigenvalue weighted by molar-refractivity contribution is 6.08. The highest BCUT2D eigenvalue weighted by atomic mass is 19.4. The van der Waals surface area contributed by atoms with E-state index in [1.807, 2.05) is 0 Å². The van der Waals surface area contributed by atoms with Crippen molar-refractivity contribution in [3.8, 4) is 11.1 Å². The van der Waals surface area contributed by atoms with Crippen LogP contribution in [0.5, 0.6) is 0 Å². The molecule has 1 aliphatic rings. The summed E-state index contributed by atoms with van der Waals surface area (Å²) in [6.45, 7) is 3.12. The van der Waals surface area contributed by atoms with Gasteiger partial charge in [-0.05, 0) is 35.7 Å². The second-order valence-electron chi connectivity index (χ2n) is 7.45. The van der Waals surface area contributed by atoms with Gasteiger partial charge in [0.1, 0.15) is 11.4 Å². The number of hydrogen-bond donors (Lipinski definition) is 3. The molecule has 1 saturated heterocycles. The lowest BCUT2D eigenvalue weighted by atomic mass is 9.86. The molecule has 3 N–H and O–H groups in total. The van der Waals surface area contributed by atoms with Crippen molar-refractivity contribution in [2.24, 2.45) is 5.92 Å². The van der Waals surface area contributed by atoms with Crippen LogP contribution < -0.4 is 16.0 Å². The molecule has 1 atom stereocenters. The molecule has 164 valence electrons. The first-order chi connectivity index (χ1) is 14.5. The Kier molecular flexibility index (Phi) is 5.75. The Morgan fingerprint density at radius 3 is 2.26 bits per heavy atom. The molecule has 31 heavy (non-hydrogen) atoms. The normalized spacial score (nSPS) is 18.7. The summed E-state index contributed by atoms with van der Waals surface area (Å²) in [6.07, 6.45) is -4.55. The van der Waals surface area contributed by atoms with Crippen molar-refractivity contribution in [1.82, 2.24) is 16.0 Å². The van der Waals surface area contributed by atoms with Gasteiger partial charge in [0, 0.05) is 5.56 Å². The lowest BCUT2D eigenvalue weighted by Crippen LogP contribution is -2.58. The minimum atomic E-state index is -4.55. The zero-order valence-corrected chi connectivity index (χ0v) is 16.6. The summed E-state index contributed by atoms with van der Waals surface area (Å²) in [5.41, 5.74) is -2.49. The van der Waals surface area contributed by atoms with Gasteiger partial charge < -0.3 is 10.6 Å². The zero-order valence-electron chi connectivity index (χ0n) is 16.6. The van der Waals surface area contributed by atoms with Crippen molar-refractivity contribution in [3.05, 3.63) is 59.4 Å². The molecule has 0 radical (unpaired) electrons. The van der Waals surface area contributed by atoms with Crippen molar-refractivity contribution in [2.75, 3.05) is 6.54 Å². The highest BCUT2D eigenvalue weighted by Crippen LogP contribution is 2.33. The highest BCUT2D eigenvalue weighted by Gasteiger charge is 2.48. The summed E-state index contributed by atoms with van der Waals surface area (Å²) in [6, 6.07) is 6.77. The van der Waals surface area contributed by atoms with Crippen molar-refractivity contribution in [1.29, 1.82) is 0 Å². The number of carbonyl (C=O) groups is 3. The first-order valence-corrected chi connectivity index (χ1v) is 9.33. The van der Waals surface area contributed by atoms with Crippen LogP contribution >= 0.6 is 0 Å². The predicted molar refractivity (Wildman–Crippen MR) is 103 cm³/mol. The fourth-order valence-corrected chi connectivity index (χ4v) is 3.39. The summed E-state index contributed by atoms with van der Waals surface area (Å²) in [4.78, 5) is 36.7. The minimum absolute atomic E-state index is 0.0849. The quantitative estimate of drug-likeness (QED) is 0.495. The number of alkyl halides is 3. The van der Waals surface area contributed by atoms with Crippen LogP contribution in [0.25, 0.3) is 11.1 Å². The standard InChI is InChI=1S/C21H19F4N3O3/c1-11(2)20(18(30)27-19(31)28-20)10-26-17(29)14-4-3-5-15(22)16(14)12-6-8-13(9-7-12)21(23,24)25/h3-9,11H,10H2,1-2H3,(H,26,29)(H2,27,28,30,31). The van der Waals surface area contributed by atoms with Gasteiger partial charge in [-0.1, -0.05) is 32.0 Å². The van der Waals surface area contributed by atoms with Gasteiger partial charge >= 0.3 is 12.2 Å². The molecule has 0 aromatic heterocycles. The number of nitrogens with one attached hydrogen (secondary N) is 3. The number of halogens is 4. The Labute approximate surface area is 175 Å². The molecule has 0 aliphatic carbocycles. The molecule has 2 aromatic carbocycles. The Morgan fingerprint density at radius 1 is 1.10 bits per heavy atom. The third-order valence-corrected chi connectivity index (χ3v) is 5.24. The van der Waals surface area contributed by atoms with E-state index >= 15 is 0 Å². The molecular formula is C21H19F4N3O3. The van der Waals surface area contributed by atoms with Crippen LogP contribution in [-0.2, 0) is 11.0 Å². The third kappa shape index (κ3) is 4.23. The smallest absolute Gasteiger partial charge is 0.349 e. The van der Waals surface area contributed by atoms with Gasteiger partial charge in [0.05, 0.1) is 17.7 Å². The fourth-order valence-electron chi connectivity index (χ4n) is 3.39. The third-order valence-electron chi connectivity index (χ3n) is 5.24. The molecule has 0 saturated carbocycles. The van der Waals surface area contributed by atoms with Crippen LogP contribution in [0, 0.1) is 11.7 Å². The Bertz CT molecular complexity index is 1040. The average molecular weight is 437 g/mol. The predicted octanol–water partition coefficient (Wildman–Crippen LogP) is 3.48. The average Bonchev–Trinajstić information content (AvgIpc) is 2.99. The van der Waals surface area contributed by atoms with E-state index < -0.39 is 40.9 Å². The molecule has 0 bridgehead atoms. The van der Waals surface area contributed by atoms with Crippen LogP contribution in [0.15, 0.2) is 42.5 Å². The van der Waals surface area contributed by atoms with Crippen LogP contribution in [0.1, 0.15) is 29.8 Å². The van der Waals surface area contributed by atoms with Gasteiger partial charge in [0.2, 0.25) is 0 Å². The number of urea groups is 1. The Hall–Kier alpha value is -3.43. The van der Waals surface area contributed by atoms with E-state index in [1.165, 1.54) is 12.1 Å². The lowest BCUT2D eigenvalue weighted by molar-refractivity contribution is -0.137. The molecular weight excluding hydrogens is 418 g/mol. The molecule has 3 rings (SSSR count). The van der Waals surface area contributed by atoms with E-state index in [1.54, 1.807) is 13.8 Å². The van der Waals surface area contributed by atoms with Crippen LogP contribution in [0.4, 0.5) is 22.4 Å². The van der Waals surface area contributed by atoms with Gasteiger partial charge in [-0.15, -0.1) is 0 Å². The monoisotopic (exact) mass is 437 g/mol. The molecule has 6 nitrogen and oxygen atoms in total. The molecule has 10 heteroatoms. The van der Waals surface area contributed by atoms with E-state index in [2.05, 4.69) is 16.0 Å². The van der Waals surface area contributed by atoms with Crippen LogP contribution in [-0.4, -0.2) is 29.9 Å². The van der Waals surface area contributed by atoms with Gasteiger partial charge in [-0.3, -0.25) is 14.9 Å². The van der Waals surface area contributed by atoms with Gasteiger partial charge in [0.25, 0.3) is 11.8 Å². The maximum absolute atomic E-state index is 14.6. The molecule has 1 fully saturated rings. The number of amides is 4. The topological polar surface area (TPSA) is 87.3 Å². The van der Waals surface area contributed by atoms with E-state index in [4.69, 9.17) is 0 Å². The number of benzene rings is 2. The Balaban J connectivity index is 1.90. The number of imide groups is 1. The van der Waals surface area contributed by atoms with Crippen LogP contribution in [0.2, 0.25) is 0 Å². The largest absolute Gasteiger partial charge is 0.416 e. The minimum Gasteiger partial charge on any atom is -0.349 e. The van der Waals surface area contributed by atoms with Crippen LogP contribution in [0.3, 0.4) is 0 Å². The van der Waals surface area contributed by atoms with E-state index in [0.717, 1.165) is 30.3 Å². The Morgan fingerprint density at radius 2 is 1.74 bits per heavy atom. The summed E-state index contributed by atoms with van der Waals surface area (Å²) in [7, 11) is 0. The zero-order chi connectivity index (χ0) is 23.0. The summed E-state index contributed by atoms with van der Waals surface area (Å²) >= 11 is 0. The van der Waals surface area contributed by atoms with Crippen molar-refractivity contribution in [2.45, 2.75) is 25.6 Å². The van der Waals surface area contributed by atoms with E-state index in [-0.39, 0.29) is 29.2 Å². The number of hydrogen-bond acceptors (Lipinski definition) is 3. The SMILES string of the molecule is CC(C)C1(CNC(=O)c2cccc(F)c2-c2ccc(C(F)(F)F)cc2)NC(=O)NC1=O. The first-order valence-electron chi connectivity index (χ1n) is 9.33. The van der Waals surface area contributed by atoms with Crippen molar-refractivity contribution in [3.63, 3.8) is 0 Å².